The molecule has 2 saturated heterocycles. The summed E-state index contributed by atoms with van der Waals surface area (Å²) in [5.41, 5.74) is 0.814. The van der Waals surface area contributed by atoms with Gasteiger partial charge in [-0.3, -0.25) is 4.98 Å². The van der Waals surface area contributed by atoms with Gasteiger partial charge in [0.2, 0.25) is 0 Å². The van der Waals surface area contributed by atoms with E-state index in [1.165, 1.54) is 0 Å². The van der Waals surface area contributed by atoms with Crippen LogP contribution in [0.2, 0.25) is 0 Å². The summed E-state index contributed by atoms with van der Waals surface area (Å²) in [7, 11) is 0. The van der Waals surface area contributed by atoms with Crippen molar-refractivity contribution in [2.45, 2.75) is 13.3 Å². The third-order valence-corrected chi connectivity index (χ3v) is 5.31. The lowest BCUT2D eigenvalue weighted by atomic mass is 10.0. The normalized spacial score (nSPS) is 22.8. The molecule has 2 atom stereocenters. The molecule has 8 heteroatoms. The number of anilines is 2. The van der Waals surface area contributed by atoms with Crippen molar-refractivity contribution < 1.29 is 0 Å². The molecule has 0 aromatic carbocycles. The molecular formula is C17H20N8. The average Bonchev–Trinajstić information content (AvgIpc) is 3.34. The number of nitrogens with zero attached hydrogens (tertiary/aromatic N) is 8. The van der Waals surface area contributed by atoms with Crippen LogP contribution in [0.15, 0.2) is 30.7 Å². The van der Waals surface area contributed by atoms with E-state index in [4.69, 9.17) is 5.10 Å². The summed E-state index contributed by atoms with van der Waals surface area (Å²) in [6, 6.07) is 4.07. The van der Waals surface area contributed by atoms with E-state index in [1.807, 2.05) is 16.8 Å². The Hall–Kier alpha value is -2.77. The first-order chi connectivity index (χ1) is 12.3. The van der Waals surface area contributed by atoms with Crippen molar-refractivity contribution in [1.29, 1.82) is 0 Å². The fourth-order valence-electron chi connectivity index (χ4n) is 4.03. The number of hydrogen-bond donors (Lipinski definition) is 0. The van der Waals surface area contributed by atoms with Gasteiger partial charge in [0.25, 0.3) is 0 Å². The van der Waals surface area contributed by atoms with E-state index in [1.54, 1.807) is 12.4 Å². The van der Waals surface area contributed by atoms with E-state index in [0.717, 1.165) is 55.7 Å². The van der Waals surface area contributed by atoms with Crippen molar-refractivity contribution in [3.8, 4) is 0 Å². The molecule has 25 heavy (non-hydrogen) atoms. The molecular weight excluding hydrogens is 316 g/mol. The van der Waals surface area contributed by atoms with Gasteiger partial charge in [0, 0.05) is 56.8 Å². The first kappa shape index (κ1) is 14.6. The van der Waals surface area contributed by atoms with Crippen LogP contribution in [0.3, 0.4) is 0 Å². The molecule has 0 spiro atoms. The van der Waals surface area contributed by atoms with Crippen molar-refractivity contribution in [3.05, 3.63) is 36.5 Å². The Bertz CT molecular complexity index is 878. The Labute approximate surface area is 145 Å². The van der Waals surface area contributed by atoms with Crippen LogP contribution in [0.1, 0.15) is 12.7 Å². The standard InChI is InChI=1S/C17H20N8/c1-2-14-20-21-15-3-4-16(22-25(14)15)23-8-12-10-24(11-13(12)9-23)17-7-18-5-6-19-17/h3-7,12-13H,2,8-11H2,1H3. The van der Waals surface area contributed by atoms with Gasteiger partial charge in [-0.25, -0.2) is 4.98 Å². The molecule has 5 rings (SSSR count). The maximum atomic E-state index is 4.77. The van der Waals surface area contributed by atoms with Gasteiger partial charge < -0.3 is 9.80 Å². The van der Waals surface area contributed by atoms with E-state index in [0.29, 0.717) is 11.8 Å². The van der Waals surface area contributed by atoms with Gasteiger partial charge in [-0.2, -0.15) is 4.52 Å². The lowest BCUT2D eigenvalue weighted by Gasteiger charge is -2.22. The Kier molecular flexibility index (Phi) is 3.29. The summed E-state index contributed by atoms with van der Waals surface area (Å²) < 4.78 is 1.87. The number of rotatable bonds is 3. The lowest BCUT2D eigenvalue weighted by Crippen LogP contribution is -2.30. The molecule has 2 aliphatic rings. The van der Waals surface area contributed by atoms with Crippen molar-refractivity contribution >= 4 is 17.3 Å². The molecule has 0 bridgehead atoms. The second kappa shape index (κ2) is 5.65. The van der Waals surface area contributed by atoms with Gasteiger partial charge >= 0.3 is 0 Å². The predicted octanol–water partition coefficient (Wildman–Crippen LogP) is 1.05. The van der Waals surface area contributed by atoms with Crippen molar-refractivity contribution in [2.75, 3.05) is 36.0 Å². The molecule has 5 heterocycles. The highest BCUT2D eigenvalue weighted by Crippen LogP contribution is 2.34. The van der Waals surface area contributed by atoms with Crippen LogP contribution >= 0.6 is 0 Å². The zero-order valence-corrected chi connectivity index (χ0v) is 14.2. The molecule has 3 aromatic heterocycles. The van der Waals surface area contributed by atoms with Crippen LogP contribution < -0.4 is 9.80 Å². The monoisotopic (exact) mass is 336 g/mol. The smallest absolute Gasteiger partial charge is 0.178 e. The fraction of sp³-hybridized carbons (Fsp3) is 0.471. The van der Waals surface area contributed by atoms with Crippen LogP contribution in [0.4, 0.5) is 11.6 Å². The predicted molar refractivity (Wildman–Crippen MR) is 93.6 cm³/mol. The summed E-state index contributed by atoms with van der Waals surface area (Å²) in [4.78, 5) is 13.4. The molecule has 0 amide bonds. The second-order valence-corrected chi connectivity index (χ2v) is 6.83. The molecule has 0 N–H and O–H groups in total. The number of fused-ring (bicyclic) bond motifs is 2. The van der Waals surface area contributed by atoms with Crippen LogP contribution in [0.25, 0.3) is 5.65 Å². The van der Waals surface area contributed by atoms with Gasteiger partial charge in [-0.1, -0.05) is 6.92 Å². The zero-order chi connectivity index (χ0) is 16.8. The highest BCUT2D eigenvalue weighted by molar-refractivity contribution is 5.48. The Morgan fingerprint density at radius 3 is 2.40 bits per heavy atom. The summed E-state index contributed by atoms with van der Waals surface area (Å²) in [5.74, 6) is 4.20. The molecule has 0 radical (unpaired) electrons. The maximum Gasteiger partial charge on any atom is 0.178 e. The lowest BCUT2D eigenvalue weighted by molar-refractivity contribution is 0.533. The molecule has 128 valence electrons. The molecule has 3 aromatic rings. The quantitative estimate of drug-likeness (QED) is 0.707. The Balaban J connectivity index is 1.34. The van der Waals surface area contributed by atoms with Crippen LogP contribution in [0.5, 0.6) is 0 Å². The van der Waals surface area contributed by atoms with E-state index < -0.39 is 0 Å². The van der Waals surface area contributed by atoms with E-state index in [2.05, 4.69) is 43.0 Å². The summed E-state index contributed by atoms with van der Waals surface area (Å²) in [6.07, 6.45) is 6.17. The number of aromatic nitrogens is 6. The number of aryl methyl sites for hydroxylation is 1. The van der Waals surface area contributed by atoms with Crippen LogP contribution in [0, 0.1) is 11.8 Å². The minimum absolute atomic E-state index is 0.645. The zero-order valence-electron chi connectivity index (χ0n) is 14.2. The van der Waals surface area contributed by atoms with Gasteiger partial charge in [0.15, 0.2) is 11.5 Å². The average molecular weight is 336 g/mol. The minimum atomic E-state index is 0.645. The number of hydrogen-bond acceptors (Lipinski definition) is 7. The second-order valence-electron chi connectivity index (χ2n) is 6.83. The molecule has 2 unspecified atom stereocenters. The summed E-state index contributed by atoms with van der Waals surface area (Å²) in [6.45, 7) is 6.21. The van der Waals surface area contributed by atoms with Crippen molar-refractivity contribution in [2.24, 2.45) is 11.8 Å². The van der Waals surface area contributed by atoms with Crippen molar-refractivity contribution in [1.82, 2.24) is 29.8 Å². The third-order valence-electron chi connectivity index (χ3n) is 5.31. The molecule has 8 nitrogen and oxygen atoms in total. The van der Waals surface area contributed by atoms with Crippen LogP contribution in [-0.2, 0) is 6.42 Å². The highest BCUT2D eigenvalue weighted by Gasteiger charge is 2.41. The van der Waals surface area contributed by atoms with E-state index >= 15 is 0 Å². The Morgan fingerprint density at radius 1 is 0.960 bits per heavy atom. The van der Waals surface area contributed by atoms with E-state index in [9.17, 15) is 0 Å². The molecule has 0 saturated carbocycles. The van der Waals surface area contributed by atoms with Crippen molar-refractivity contribution in [3.63, 3.8) is 0 Å². The van der Waals surface area contributed by atoms with Gasteiger partial charge in [-0.15, -0.1) is 15.3 Å². The topological polar surface area (TPSA) is 75.3 Å². The van der Waals surface area contributed by atoms with Gasteiger partial charge in [0.05, 0.1) is 6.20 Å². The molecule has 2 aliphatic heterocycles. The van der Waals surface area contributed by atoms with Gasteiger partial charge in [0.1, 0.15) is 11.6 Å². The Morgan fingerprint density at radius 2 is 1.72 bits per heavy atom. The SMILES string of the molecule is CCc1nnc2ccc(N3CC4CN(c5cnccn5)CC4C3)nn12. The minimum Gasteiger partial charge on any atom is -0.355 e. The largest absolute Gasteiger partial charge is 0.355 e. The molecule has 0 aliphatic carbocycles. The van der Waals surface area contributed by atoms with Crippen LogP contribution in [-0.4, -0.2) is 56.0 Å². The first-order valence-electron chi connectivity index (χ1n) is 8.79. The van der Waals surface area contributed by atoms with E-state index in [-0.39, 0.29) is 0 Å². The summed E-state index contributed by atoms with van der Waals surface area (Å²) in [5, 5.41) is 13.1. The third kappa shape index (κ3) is 2.40. The van der Waals surface area contributed by atoms with Gasteiger partial charge in [-0.05, 0) is 12.1 Å². The first-order valence-corrected chi connectivity index (χ1v) is 8.79. The highest BCUT2D eigenvalue weighted by atomic mass is 15.4. The maximum absolute atomic E-state index is 4.77. The summed E-state index contributed by atoms with van der Waals surface area (Å²) >= 11 is 0. The molecule has 2 fully saturated rings. The fourth-order valence-corrected chi connectivity index (χ4v) is 4.03.